The second-order valence-electron chi connectivity index (χ2n) is 4.43. The number of thiazole rings is 1. The summed E-state index contributed by atoms with van der Waals surface area (Å²) in [5.74, 6) is 0. The molecule has 0 aliphatic rings. The van der Waals surface area contributed by atoms with Gasteiger partial charge in [-0.25, -0.2) is 4.98 Å². The molecule has 0 saturated heterocycles. The number of hydrogen-bond donors (Lipinski definition) is 3. The fourth-order valence-corrected chi connectivity index (χ4v) is 2.61. The zero-order valence-electron chi connectivity index (χ0n) is 10.2. The zero-order chi connectivity index (χ0) is 12.3. The minimum Gasteiger partial charge on any atom is -0.394 e. The van der Waals surface area contributed by atoms with E-state index in [-0.39, 0.29) is 19.3 Å². The minimum atomic E-state index is -0.649. The molecule has 1 aromatic heterocycles. The van der Waals surface area contributed by atoms with Crippen molar-refractivity contribution >= 4 is 11.3 Å². The average Bonchev–Trinajstić information content (AvgIpc) is 2.57. The molecule has 0 radical (unpaired) electrons. The van der Waals surface area contributed by atoms with Gasteiger partial charge in [0.05, 0.1) is 29.5 Å². The lowest BCUT2D eigenvalue weighted by Crippen LogP contribution is -2.49. The van der Waals surface area contributed by atoms with Crippen LogP contribution in [0.4, 0.5) is 0 Å². The number of aromatic nitrogens is 1. The summed E-state index contributed by atoms with van der Waals surface area (Å²) < 4.78 is 0. The molecule has 1 heterocycles. The molecule has 16 heavy (non-hydrogen) atoms. The van der Waals surface area contributed by atoms with Gasteiger partial charge in [0.15, 0.2) is 0 Å². The van der Waals surface area contributed by atoms with Crippen molar-refractivity contribution in [1.29, 1.82) is 0 Å². The van der Waals surface area contributed by atoms with E-state index in [0.29, 0.717) is 0 Å². The van der Waals surface area contributed by atoms with Crippen molar-refractivity contribution in [2.75, 3.05) is 13.2 Å². The Hall–Kier alpha value is -0.490. The zero-order valence-corrected chi connectivity index (χ0v) is 11.1. The fourth-order valence-electron chi connectivity index (χ4n) is 1.68. The van der Waals surface area contributed by atoms with Crippen LogP contribution >= 0.6 is 11.3 Å². The molecular weight excluding hydrogens is 224 g/mol. The van der Waals surface area contributed by atoms with E-state index >= 15 is 0 Å². The maximum atomic E-state index is 9.22. The first-order valence-electron chi connectivity index (χ1n) is 5.35. The fraction of sp³-hybridized carbons (Fsp3) is 0.727. The second kappa shape index (κ2) is 5.23. The number of hydrogen-bond acceptors (Lipinski definition) is 5. The van der Waals surface area contributed by atoms with E-state index in [4.69, 9.17) is 0 Å². The van der Waals surface area contributed by atoms with Gasteiger partial charge in [-0.2, -0.15) is 0 Å². The van der Waals surface area contributed by atoms with E-state index in [9.17, 15) is 10.2 Å². The van der Waals surface area contributed by atoms with Crippen molar-refractivity contribution < 1.29 is 10.2 Å². The summed E-state index contributed by atoms with van der Waals surface area (Å²) in [7, 11) is 0. The van der Waals surface area contributed by atoms with Crippen LogP contribution in [-0.2, 0) is 0 Å². The van der Waals surface area contributed by atoms with Crippen LogP contribution < -0.4 is 5.32 Å². The Morgan fingerprint density at radius 2 is 1.94 bits per heavy atom. The van der Waals surface area contributed by atoms with Crippen molar-refractivity contribution in [2.45, 2.75) is 39.3 Å². The predicted octanol–water partition coefficient (Wildman–Crippen LogP) is 1.15. The van der Waals surface area contributed by atoms with E-state index in [2.05, 4.69) is 10.3 Å². The summed E-state index contributed by atoms with van der Waals surface area (Å²) >= 11 is 1.65. The Labute approximate surface area is 100 Å². The Morgan fingerprint density at radius 1 is 1.38 bits per heavy atom. The lowest BCUT2D eigenvalue weighted by Gasteiger charge is -2.30. The number of aliphatic hydroxyl groups excluding tert-OH is 2. The summed E-state index contributed by atoms with van der Waals surface area (Å²) in [6.45, 7) is 7.59. The normalized spacial score (nSPS) is 14.1. The standard InChI is InChI=1S/C11H20N2O2S/c1-7-10(16-9(3)12-7)8(2)13-11(4,5-14)6-15/h8,13-15H,5-6H2,1-4H3. The molecule has 1 rings (SSSR count). The highest BCUT2D eigenvalue weighted by Gasteiger charge is 2.26. The van der Waals surface area contributed by atoms with E-state index in [1.807, 2.05) is 20.8 Å². The van der Waals surface area contributed by atoms with Crippen LogP contribution in [0.3, 0.4) is 0 Å². The minimum absolute atomic E-state index is 0.0792. The van der Waals surface area contributed by atoms with Gasteiger partial charge >= 0.3 is 0 Å². The quantitative estimate of drug-likeness (QED) is 0.727. The maximum absolute atomic E-state index is 9.22. The Balaban J connectivity index is 2.79. The molecule has 0 aliphatic heterocycles. The van der Waals surface area contributed by atoms with Crippen LogP contribution in [0.5, 0.6) is 0 Å². The maximum Gasteiger partial charge on any atom is 0.0900 e. The second-order valence-corrected chi connectivity index (χ2v) is 5.66. The number of aliphatic hydroxyl groups is 2. The first-order chi connectivity index (χ1) is 7.41. The van der Waals surface area contributed by atoms with Crippen molar-refractivity contribution in [3.63, 3.8) is 0 Å². The van der Waals surface area contributed by atoms with Gasteiger partial charge in [-0.15, -0.1) is 11.3 Å². The summed E-state index contributed by atoms with van der Waals surface area (Å²) in [6, 6.07) is 0.0792. The number of rotatable bonds is 5. The van der Waals surface area contributed by atoms with Crippen molar-refractivity contribution in [2.24, 2.45) is 0 Å². The van der Waals surface area contributed by atoms with Gasteiger partial charge in [-0.3, -0.25) is 5.32 Å². The highest BCUT2D eigenvalue weighted by molar-refractivity contribution is 7.11. The average molecular weight is 244 g/mol. The van der Waals surface area contributed by atoms with Gasteiger partial charge in [0.25, 0.3) is 0 Å². The monoisotopic (exact) mass is 244 g/mol. The highest BCUT2D eigenvalue weighted by Crippen LogP contribution is 2.25. The third-order valence-corrected chi connectivity index (χ3v) is 3.85. The molecule has 0 bridgehead atoms. The predicted molar refractivity (Wildman–Crippen MR) is 65.7 cm³/mol. The van der Waals surface area contributed by atoms with Crippen LogP contribution in [0.15, 0.2) is 0 Å². The molecular formula is C11H20N2O2S. The van der Waals surface area contributed by atoms with E-state index in [1.165, 1.54) is 0 Å². The third-order valence-electron chi connectivity index (χ3n) is 2.60. The Morgan fingerprint density at radius 3 is 2.31 bits per heavy atom. The summed E-state index contributed by atoms with van der Waals surface area (Å²) in [6.07, 6.45) is 0. The summed E-state index contributed by atoms with van der Waals surface area (Å²) in [5.41, 5.74) is 0.366. The molecule has 4 nitrogen and oxygen atoms in total. The molecule has 1 unspecified atom stereocenters. The van der Waals surface area contributed by atoms with Crippen LogP contribution in [0.1, 0.15) is 35.5 Å². The molecule has 5 heteroatoms. The first-order valence-corrected chi connectivity index (χ1v) is 6.17. The highest BCUT2D eigenvalue weighted by atomic mass is 32.1. The number of aryl methyl sites for hydroxylation is 2. The van der Waals surface area contributed by atoms with Gasteiger partial charge < -0.3 is 10.2 Å². The molecule has 0 amide bonds. The van der Waals surface area contributed by atoms with E-state index < -0.39 is 5.54 Å². The summed E-state index contributed by atoms with van der Waals surface area (Å²) in [5, 5.41) is 22.7. The summed E-state index contributed by atoms with van der Waals surface area (Å²) in [4.78, 5) is 5.53. The third kappa shape index (κ3) is 3.01. The molecule has 0 aliphatic carbocycles. The topological polar surface area (TPSA) is 65.4 Å². The molecule has 92 valence electrons. The van der Waals surface area contributed by atoms with E-state index in [1.54, 1.807) is 18.3 Å². The lowest BCUT2D eigenvalue weighted by atomic mass is 10.0. The van der Waals surface area contributed by atoms with Crippen LogP contribution in [0.25, 0.3) is 0 Å². The van der Waals surface area contributed by atoms with Gasteiger partial charge in [-0.1, -0.05) is 0 Å². The van der Waals surface area contributed by atoms with Crippen molar-refractivity contribution in [3.05, 3.63) is 15.6 Å². The molecule has 0 fully saturated rings. The number of nitrogens with one attached hydrogen (secondary N) is 1. The van der Waals surface area contributed by atoms with Crippen molar-refractivity contribution in [3.8, 4) is 0 Å². The molecule has 0 aromatic carbocycles. The molecule has 0 spiro atoms. The number of nitrogens with zero attached hydrogens (tertiary/aromatic N) is 1. The van der Waals surface area contributed by atoms with Gasteiger partial charge in [-0.05, 0) is 27.7 Å². The van der Waals surface area contributed by atoms with Gasteiger partial charge in [0.1, 0.15) is 0 Å². The molecule has 1 atom stereocenters. The Kier molecular flexibility index (Phi) is 4.43. The molecule has 3 N–H and O–H groups in total. The SMILES string of the molecule is Cc1nc(C)c(C(C)NC(C)(CO)CO)s1. The van der Waals surface area contributed by atoms with Crippen molar-refractivity contribution in [1.82, 2.24) is 10.3 Å². The molecule has 0 saturated carbocycles. The first kappa shape index (κ1) is 13.6. The van der Waals surface area contributed by atoms with Gasteiger partial charge in [0.2, 0.25) is 0 Å². The van der Waals surface area contributed by atoms with E-state index in [0.717, 1.165) is 15.6 Å². The van der Waals surface area contributed by atoms with Crippen LogP contribution in [-0.4, -0.2) is 33.9 Å². The van der Waals surface area contributed by atoms with Crippen LogP contribution in [0.2, 0.25) is 0 Å². The van der Waals surface area contributed by atoms with Gasteiger partial charge in [0, 0.05) is 10.9 Å². The van der Waals surface area contributed by atoms with Crippen LogP contribution in [0, 0.1) is 13.8 Å². The Bertz CT molecular complexity index is 348. The smallest absolute Gasteiger partial charge is 0.0900 e. The molecule has 1 aromatic rings. The largest absolute Gasteiger partial charge is 0.394 e. The lowest BCUT2D eigenvalue weighted by molar-refractivity contribution is 0.0960.